The summed E-state index contributed by atoms with van der Waals surface area (Å²) in [5, 5.41) is 19.8. The lowest BCUT2D eigenvalue weighted by molar-refractivity contribution is -0.142. The summed E-state index contributed by atoms with van der Waals surface area (Å²) < 4.78 is 17.1. The van der Waals surface area contributed by atoms with Gasteiger partial charge >= 0.3 is 5.97 Å². The van der Waals surface area contributed by atoms with E-state index in [1.807, 2.05) is 30.3 Å². The smallest absolute Gasteiger partial charge is 0.310 e. The van der Waals surface area contributed by atoms with Crippen LogP contribution in [0.15, 0.2) is 65.1 Å². The van der Waals surface area contributed by atoms with Crippen molar-refractivity contribution < 1.29 is 23.8 Å². The minimum atomic E-state index is -0.350. The normalized spacial score (nSPS) is 10.8. The molecule has 0 aliphatic rings. The molecular formula is C29H27NO5. The van der Waals surface area contributed by atoms with Gasteiger partial charge in [-0.3, -0.25) is 4.79 Å². The van der Waals surface area contributed by atoms with Crippen molar-refractivity contribution in [1.82, 2.24) is 0 Å². The van der Waals surface area contributed by atoms with Crippen LogP contribution in [0.2, 0.25) is 0 Å². The first-order valence-corrected chi connectivity index (χ1v) is 11.6. The second kappa shape index (κ2) is 10.9. The number of carbonyl (C=O) groups is 1. The SMILES string of the molecule is CCOC(=O)Cc1ccc(C#N)cc1OCc1cc(-c2cccc(CC)c2)c2oc(CO)cc2c1. The molecule has 0 saturated carbocycles. The van der Waals surface area contributed by atoms with E-state index in [9.17, 15) is 15.2 Å². The third-order valence-corrected chi connectivity index (χ3v) is 5.76. The summed E-state index contributed by atoms with van der Waals surface area (Å²) in [5.74, 6) is 0.607. The van der Waals surface area contributed by atoms with Crippen LogP contribution in [0, 0.1) is 11.3 Å². The zero-order chi connectivity index (χ0) is 24.8. The molecule has 4 aromatic rings. The van der Waals surface area contributed by atoms with Gasteiger partial charge in [-0.1, -0.05) is 37.3 Å². The van der Waals surface area contributed by atoms with Gasteiger partial charge in [0.1, 0.15) is 30.3 Å². The molecule has 0 radical (unpaired) electrons. The molecule has 178 valence electrons. The number of aliphatic hydroxyl groups excluding tert-OH is 1. The fourth-order valence-electron chi connectivity index (χ4n) is 4.04. The number of nitrogens with zero attached hydrogens (tertiary/aromatic N) is 1. The van der Waals surface area contributed by atoms with E-state index in [1.165, 1.54) is 5.56 Å². The van der Waals surface area contributed by atoms with Gasteiger partial charge in [-0.05, 0) is 60.4 Å². The number of ether oxygens (including phenoxy) is 2. The van der Waals surface area contributed by atoms with Gasteiger partial charge in [0, 0.05) is 16.5 Å². The highest BCUT2D eigenvalue weighted by atomic mass is 16.5. The first-order valence-electron chi connectivity index (χ1n) is 11.6. The molecule has 4 rings (SSSR count). The zero-order valence-corrected chi connectivity index (χ0v) is 19.8. The molecule has 35 heavy (non-hydrogen) atoms. The molecule has 6 heteroatoms. The van der Waals surface area contributed by atoms with Crippen LogP contribution in [-0.4, -0.2) is 17.7 Å². The van der Waals surface area contributed by atoms with Crippen LogP contribution >= 0.6 is 0 Å². The second-order valence-electron chi connectivity index (χ2n) is 8.19. The summed E-state index contributed by atoms with van der Waals surface area (Å²) in [6.45, 7) is 4.21. The predicted molar refractivity (Wildman–Crippen MR) is 133 cm³/mol. The molecule has 0 fully saturated rings. The monoisotopic (exact) mass is 469 g/mol. The maximum absolute atomic E-state index is 12.1. The number of hydrogen-bond acceptors (Lipinski definition) is 6. The Kier molecular flexibility index (Phi) is 7.49. The highest BCUT2D eigenvalue weighted by Gasteiger charge is 2.15. The Balaban J connectivity index is 1.70. The number of aryl methyl sites for hydroxylation is 1. The average molecular weight is 470 g/mol. The average Bonchev–Trinajstić information content (AvgIpc) is 3.31. The third kappa shape index (κ3) is 5.53. The van der Waals surface area contributed by atoms with Crippen molar-refractivity contribution in [3.8, 4) is 22.9 Å². The van der Waals surface area contributed by atoms with Gasteiger partial charge < -0.3 is 19.0 Å². The van der Waals surface area contributed by atoms with Crippen LogP contribution in [0.4, 0.5) is 0 Å². The Hall–Kier alpha value is -4.08. The number of hydrogen-bond donors (Lipinski definition) is 1. The van der Waals surface area contributed by atoms with Gasteiger partial charge in [0.2, 0.25) is 0 Å². The molecule has 0 aliphatic heterocycles. The molecule has 0 amide bonds. The third-order valence-electron chi connectivity index (χ3n) is 5.76. The number of furan rings is 1. The summed E-state index contributed by atoms with van der Waals surface area (Å²) >= 11 is 0. The van der Waals surface area contributed by atoms with Crippen molar-refractivity contribution in [3.05, 3.63) is 88.7 Å². The highest BCUT2D eigenvalue weighted by molar-refractivity contribution is 5.93. The summed E-state index contributed by atoms with van der Waals surface area (Å²) in [7, 11) is 0. The van der Waals surface area contributed by atoms with E-state index in [2.05, 4.69) is 25.1 Å². The number of rotatable bonds is 9. The minimum absolute atomic E-state index is 0.0601. The largest absolute Gasteiger partial charge is 0.489 e. The maximum atomic E-state index is 12.1. The zero-order valence-electron chi connectivity index (χ0n) is 19.8. The van der Waals surface area contributed by atoms with Crippen LogP contribution in [0.25, 0.3) is 22.1 Å². The molecule has 3 aromatic carbocycles. The molecule has 0 atom stereocenters. The number of benzene rings is 3. The molecule has 1 aromatic heterocycles. The van der Waals surface area contributed by atoms with Crippen molar-refractivity contribution in [3.63, 3.8) is 0 Å². The molecule has 1 N–H and O–H groups in total. The molecule has 6 nitrogen and oxygen atoms in total. The Bertz CT molecular complexity index is 1400. The number of nitriles is 1. The first kappa shape index (κ1) is 24.1. The lowest BCUT2D eigenvalue weighted by atomic mass is 9.98. The summed E-state index contributed by atoms with van der Waals surface area (Å²) in [5.41, 5.74) is 5.85. The quantitative estimate of drug-likeness (QED) is 0.316. The topological polar surface area (TPSA) is 92.7 Å². The molecular weight excluding hydrogens is 442 g/mol. The van der Waals surface area contributed by atoms with Crippen LogP contribution < -0.4 is 4.74 Å². The van der Waals surface area contributed by atoms with Gasteiger partial charge in [0.05, 0.1) is 24.7 Å². The number of esters is 1. The van der Waals surface area contributed by atoms with Crippen LogP contribution in [0.1, 0.15) is 41.9 Å². The fourth-order valence-corrected chi connectivity index (χ4v) is 4.04. The van der Waals surface area contributed by atoms with E-state index in [0.717, 1.165) is 28.5 Å². The molecule has 0 bridgehead atoms. The van der Waals surface area contributed by atoms with Gasteiger partial charge in [-0.2, -0.15) is 5.26 Å². The highest BCUT2D eigenvalue weighted by Crippen LogP contribution is 2.34. The van der Waals surface area contributed by atoms with E-state index in [-0.39, 0.29) is 25.6 Å². The predicted octanol–water partition coefficient (Wildman–Crippen LogP) is 5.71. The van der Waals surface area contributed by atoms with Crippen LogP contribution in [-0.2, 0) is 35.6 Å². The van der Waals surface area contributed by atoms with E-state index < -0.39 is 0 Å². The van der Waals surface area contributed by atoms with Crippen LogP contribution in [0.5, 0.6) is 5.75 Å². The summed E-state index contributed by atoms with van der Waals surface area (Å²) in [6, 6.07) is 21.2. The van der Waals surface area contributed by atoms with Gasteiger partial charge in [-0.15, -0.1) is 0 Å². The molecule has 0 spiro atoms. The molecule has 1 heterocycles. The Labute approximate surface area is 204 Å². The number of fused-ring (bicyclic) bond motifs is 1. The van der Waals surface area contributed by atoms with E-state index in [0.29, 0.717) is 34.8 Å². The number of carbonyl (C=O) groups excluding carboxylic acids is 1. The molecule has 0 aliphatic carbocycles. The Morgan fingerprint density at radius 2 is 1.91 bits per heavy atom. The van der Waals surface area contributed by atoms with Crippen molar-refractivity contribution in [2.24, 2.45) is 0 Å². The molecule has 0 unspecified atom stereocenters. The maximum Gasteiger partial charge on any atom is 0.310 e. The second-order valence-corrected chi connectivity index (χ2v) is 8.19. The van der Waals surface area contributed by atoms with Crippen molar-refractivity contribution in [2.45, 2.75) is 39.9 Å². The van der Waals surface area contributed by atoms with Crippen molar-refractivity contribution in [1.29, 1.82) is 5.26 Å². The molecule has 0 saturated heterocycles. The van der Waals surface area contributed by atoms with Crippen LogP contribution in [0.3, 0.4) is 0 Å². The lowest BCUT2D eigenvalue weighted by Crippen LogP contribution is -2.09. The van der Waals surface area contributed by atoms with E-state index >= 15 is 0 Å². The minimum Gasteiger partial charge on any atom is -0.489 e. The van der Waals surface area contributed by atoms with Gasteiger partial charge in [-0.25, -0.2) is 0 Å². The first-order chi connectivity index (χ1) is 17.0. The van der Waals surface area contributed by atoms with E-state index in [4.69, 9.17) is 13.9 Å². The van der Waals surface area contributed by atoms with Crippen molar-refractivity contribution in [2.75, 3.05) is 6.61 Å². The van der Waals surface area contributed by atoms with Gasteiger partial charge in [0.15, 0.2) is 0 Å². The Morgan fingerprint density at radius 3 is 2.66 bits per heavy atom. The lowest BCUT2D eigenvalue weighted by Gasteiger charge is -2.13. The van der Waals surface area contributed by atoms with Gasteiger partial charge in [0.25, 0.3) is 0 Å². The number of aliphatic hydroxyl groups is 1. The summed E-state index contributed by atoms with van der Waals surface area (Å²) in [6.07, 6.45) is 0.975. The fraction of sp³-hybridized carbons (Fsp3) is 0.241. The van der Waals surface area contributed by atoms with E-state index in [1.54, 1.807) is 25.1 Å². The summed E-state index contributed by atoms with van der Waals surface area (Å²) in [4.78, 5) is 12.1. The van der Waals surface area contributed by atoms with Crippen molar-refractivity contribution >= 4 is 16.9 Å². The Morgan fingerprint density at radius 1 is 1.06 bits per heavy atom. The standard InChI is InChI=1S/C29H27NO5/c1-3-19-6-5-7-22(10-19)26-12-21(11-24-14-25(17-31)35-29(24)26)18-34-27-13-20(16-30)8-9-23(27)15-28(32)33-4-2/h5-14,31H,3-4,15,17-18H2,1-2H3.